The number of fused-ring (bicyclic) bond motifs is 1. The van der Waals surface area contributed by atoms with Crippen LogP contribution in [0.15, 0.2) is 24.5 Å². The summed E-state index contributed by atoms with van der Waals surface area (Å²) in [5.41, 5.74) is 8.68. The van der Waals surface area contributed by atoms with Crippen LogP contribution in [0.4, 0.5) is 5.69 Å². The molecule has 2 saturated heterocycles. The number of benzene rings is 1. The number of nitrogens with two attached hydrogens (primary N) is 1. The minimum Gasteiger partial charge on any atom is -0.367 e. The van der Waals surface area contributed by atoms with E-state index >= 15 is 0 Å². The molecule has 2 aliphatic rings. The molecule has 8 nitrogen and oxygen atoms in total. The number of amides is 1. The standard InChI is InChI=1S/C21H27N7O/c1-13-7-17(26-21(29)14(2)27-10-16(23)11-27)12-28(9-13)18-4-3-15(8-22)19-20(18)25-6-5-24-19/h3-6,13-14,16-17H,7,9-12,23H2,1-2H3,(H,26,29). The predicted molar refractivity (Wildman–Crippen MR) is 111 cm³/mol. The van der Waals surface area contributed by atoms with Crippen LogP contribution < -0.4 is 16.0 Å². The average molecular weight is 393 g/mol. The van der Waals surface area contributed by atoms with Crippen molar-refractivity contribution in [2.45, 2.75) is 38.4 Å². The number of aromatic nitrogens is 2. The van der Waals surface area contributed by atoms with Crippen LogP contribution in [-0.2, 0) is 4.79 Å². The van der Waals surface area contributed by atoms with E-state index in [0.29, 0.717) is 23.5 Å². The first-order valence-corrected chi connectivity index (χ1v) is 10.1. The summed E-state index contributed by atoms with van der Waals surface area (Å²) in [5, 5.41) is 12.6. The molecule has 1 aromatic heterocycles. The van der Waals surface area contributed by atoms with E-state index in [2.05, 4.69) is 38.1 Å². The number of anilines is 1. The summed E-state index contributed by atoms with van der Waals surface area (Å²) in [6, 6.07) is 6.01. The largest absolute Gasteiger partial charge is 0.367 e. The molecule has 152 valence electrons. The molecule has 4 rings (SSSR count). The van der Waals surface area contributed by atoms with Gasteiger partial charge in [-0.3, -0.25) is 19.7 Å². The van der Waals surface area contributed by atoms with Crippen LogP contribution in [0.5, 0.6) is 0 Å². The fraction of sp³-hybridized carbons (Fsp3) is 0.524. The normalized spacial score (nSPS) is 24.0. The fourth-order valence-electron chi connectivity index (χ4n) is 4.39. The van der Waals surface area contributed by atoms with Crippen molar-refractivity contribution in [3.05, 3.63) is 30.1 Å². The number of hydrogen-bond acceptors (Lipinski definition) is 7. The van der Waals surface area contributed by atoms with Gasteiger partial charge in [-0.05, 0) is 31.4 Å². The molecule has 0 spiro atoms. The molecular formula is C21H27N7O. The summed E-state index contributed by atoms with van der Waals surface area (Å²) in [6.07, 6.45) is 4.20. The van der Waals surface area contributed by atoms with E-state index in [0.717, 1.165) is 37.3 Å². The second kappa shape index (κ2) is 7.93. The summed E-state index contributed by atoms with van der Waals surface area (Å²) < 4.78 is 0. The highest BCUT2D eigenvalue weighted by Gasteiger charge is 2.33. The van der Waals surface area contributed by atoms with Gasteiger partial charge in [-0.2, -0.15) is 5.26 Å². The van der Waals surface area contributed by atoms with Gasteiger partial charge in [0.25, 0.3) is 0 Å². The molecule has 1 aromatic carbocycles. The Balaban J connectivity index is 1.52. The van der Waals surface area contributed by atoms with Crippen molar-refractivity contribution in [1.82, 2.24) is 20.2 Å². The fourth-order valence-corrected chi connectivity index (χ4v) is 4.39. The maximum absolute atomic E-state index is 12.7. The van der Waals surface area contributed by atoms with Crippen molar-refractivity contribution >= 4 is 22.6 Å². The number of hydrogen-bond donors (Lipinski definition) is 2. The lowest BCUT2D eigenvalue weighted by atomic mass is 9.94. The van der Waals surface area contributed by atoms with Crippen LogP contribution in [0, 0.1) is 17.2 Å². The minimum atomic E-state index is -0.165. The van der Waals surface area contributed by atoms with Gasteiger partial charge in [-0.15, -0.1) is 0 Å². The zero-order valence-electron chi connectivity index (χ0n) is 16.9. The number of rotatable bonds is 4. The molecule has 2 fully saturated rings. The van der Waals surface area contributed by atoms with Gasteiger partial charge in [-0.1, -0.05) is 6.92 Å². The molecule has 8 heteroatoms. The third-order valence-corrected chi connectivity index (χ3v) is 5.94. The highest BCUT2D eigenvalue weighted by molar-refractivity contribution is 5.92. The molecule has 3 heterocycles. The summed E-state index contributed by atoms with van der Waals surface area (Å²) in [7, 11) is 0. The van der Waals surface area contributed by atoms with Gasteiger partial charge in [0, 0.05) is 50.7 Å². The third kappa shape index (κ3) is 3.88. The van der Waals surface area contributed by atoms with Crippen LogP contribution in [-0.4, -0.2) is 65.1 Å². The number of piperidine rings is 1. The topological polar surface area (TPSA) is 111 Å². The van der Waals surface area contributed by atoms with Gasteiger partial charge >= 0.3 is 0 Å². The van der Waals surface area contributed by atoms with E-state index in [4.69, 9.17) is 5.73 Å². The Morgan fingerprint density at radius 1 is 1.24 bits per heavy atom. The molecular weight excluding hydrogens is 366 g/mol. The Morgan fingerprint density at radius 3 is 2.66 bits per heavy atom. The Labute approximate surface area is 170 Å². The monoisotopic (exact) mass is 393 g/mol. The number of nitrogens with zero attached hydrogens (tertiary/aromatic N) is 5. The van der Waals surface area contributed by atoms with Gasteiger partial charge in [0.1, 0.15) is 17.1 Å². The molecule has 0 saturated carbocycles. The first-order valence-electron chi connectivity index (χ1n) is 10.1. The second-order valence-electron chi connectivity index (χ2n) is 8.34. The van der Waals surface area contributed by atoms with E-state index in [-0.39, 0.29) is 24.0 Å². The quantitative estimate of drug-likeness (QED) is 0.792. The van der Waals surface area contributed by atoms with Crippen LogP contribution in [0.3, 0.4) is 0 Å². The smallest absolute Gasteiger partial charge is 0.237 e. The lowest BCUT2D eigenvalue weighted by Crippen LogP contribution is -2.63. The van der Waals surface area contributed by atoms with Crippen LogP contribution in [0.25, 0.3) is 11.0 Å². The van der Waals surface area contributed by atoms with Gasteiger partial charge in [0.15, 0.2) is 0 Å². The Kier molecular flexibility index (Phi) is 5.35. The summed E-state index contributed by atoms with van der Waals surface area (Å²) in [5.74, 6) is 0.476. The van der Waals surface area contributed by atoms with Crippen LogP contribution in [0.1, 0.15) is 25.8 Å². The Bertz CT molecular complexity index is 950. The van der Waals surface area contributed by atoms with Gasteiger partial charge in [0.2, 0.25) is 5.91 Å². The lowest BCUT2D eigenvalue weighted by Gasteiger charge is -2.42. The van der Waals surface area contributed by atoms with E-state index in [1.807, 2.05) is 13.0 Å². The first kappa shape index (κ1) is 19.6. The molecule has 2 aliphatic heterocycles. The van der Waals surface area contributed by atoms with E-state index < -0.39 is 0 Å². The van der Waals surface area contributed by atoms with Gasteiger partial charge in [-0.25, -0.2) is 0 Å². The first-order chi connectivity index (χ1) is 14.0. The molecule has 3 atom stereocenters. The average Bonchev–Trinajstić information content (AvgIpc) is 2.69. The van der Waals surface area contributed by atoms with Crippen molar-refractivity contribution in [3.8, 4) is 6.07 Å². The minimum absolute atomic E-state index is 0.0560. The lowest BCUT2D eigenvalue weighted by molar-refractivity contribution is -0.128. The molecule has 0 aliphatic carbocycles. The summed E-state index contributed by atoms with van der Waals surface area (Å²) in [6.45, 7) is 7.27. The molecule has 0 bridgehead atoms. The van der Waals surface area contributed by atoms with Crippen molar-refractivity contribution in [2.24, 2.45) is 11.7 Å². The predicted octanol–water partition coefficient (Wildman–Crippen LogP) is 0.864. The van der Waals surface area contributed by atoms with Gasteiger partial charge in [0.05, 0.1) is 17.3 Å². The van der Waals surface area contributed by atoms with E-state index in [1.165, 1.54) is 0 Å². The zero-order chi connectivity index (χ0) is 20.5. The van der Waals surface area contributed by atoms with Crippen LogP contribution in [0.2, 0.25) is 0 Å². The Hall–Kier alpha value is -2.76. The SMILES string of the molecule is CC1CC(NC(=O)C(C)N2CC(N)C2)CN(c2ccc(C#N)c3nccnc23)C1. The van der Waals surface area contributed by atoms with Crippen molar-refractivity contribution in [1.29, 1.82) is 5.26 Å². The number of carbonyl (C=O) groups excluding carboxylic acids is 1. The van der Waals surface area contributed by atoms with Gasteiger partial charge < -0.3 is 16.0 Å². The highest BCUT2D eigenvalue weighted by Crippen LogP contribution is 2.30. The highest BCUT2D eigenvalue weighted by atomic mass is 16.2. The second-order valence-corrected chi connectivity index (χ2v) is 8.34. The third-order valence-electron chi connectivity index (χ3n) is 5.94. The van der Waals surface area contributed by atoms with E-state index in [1.54, 1.807) is 18.5 Å². The zero-order valence-corrected chi connectivity index (χ0v) is 16.9. The van der Waals surface area contributed by atoms with E-state index in [9.17, 15) is 10.1 Å². The molecule has 29 heavy (non-hydrogen) atoms. The number of nitrogens with one attached hydrogen (secondary N) is 1. The summed E-state index contributed by atoms with van der Waals surface area (Å²) >= 11 is 0. The molecule has 3 N–H and O–H groups in total. The molecule has 1 amide bonds. The number of nitriles is 1. The van der Waals surface area contributed by atoms with Crippen molar-refractivity contribution in [3.63, 3.8) is 0 Å². The maximum atomic E-state index is 12.7. The van der Waals surface area contributed by atoms with Crippen molar-refractivity contribution < 1.29 is 4.79 Å². The molecule has 0 radical (unpaired) electrons. The summed E-state index contributed by atoms with van der Waals surface area (Å²) in [4.78, 5) is 25.9. The molecule has 2 aromatic rings. The molecule has 3 unspecified atom stereocenters. The Morgan fingerprint density at radius 2 is 1.97 bits per heavy atom. The van der Waals surface area contributed by atoms with Crippen LogP contribution >= 0.6 is 0 Å². The van der Waals surface area contributed by atoms with Crippen molar-refractivity contribution in [2.75, 3.05) is 31.1 Å². The number of likely N-dealkylation sites (tertiary alicyclic amines) is 1. The number of carbonyl (C=O) groups is 1. The maximum Gasteiger partial charge on any atom is 0.237 e.